The van der Waals surface area contributed by atoms with Crippen LogP contribution in [0.4, 0.5) is 0 Å². The van der Waals surface area contributed by atoms with Gasteiger partial charge < -0.3 is 14.8 Å². The second-order valence-corrected chi connectivity index (χ2v) is 5.87. The van der Waals surface area contributed by atoms with Crippen LogP contribution in [0, 0.1) is 0 Å². The maximum atomic E-state index is 12.0. The zero-order chi connectivity index (χ0) is 16.7. The Labute approximate surface area is 141 Å². The van der Waals surface area contributed by atoms with E-state index in [2.05, 4.69) is 5.32 Å². The molecule has 0 saturated carbocycles. The summed E-state index contributed by atoms with van der Waals surface area (Å²) in [6.07, 6.45) is 2.41. The smallest absolute Gasteiger partial charge is 0.224 e. The lowest BCUT2D eigenvalue weighted by molar-refractivity contribution is -0.120. The topological polar surface area (TPSA) is 47.6 Å². The molecule has 0 atom stereocenters. The van der Waals surface area contributed by atoms with Crippen LogP contribution in [0.3, 0.4) is 0 Å². The molecule has 0 radical (unpaired) electrons. The van der Waals surface area contributed by atoms with Gasteiger partial charge in [-0.25, -0.2) is 0 Å². The van der Waals surface area contributed by atoms with Crippen LogP contribution in [0.25, 0.3) is 0 Å². The molecule has 0 aliphatic rings. The van der Waals surface area contributed by atoms with E-state index in [0.717, 1.165) is 11.1 Å². The summed E-state index contributed by atoms with van der Waals surface area (Å²) in [6.45, 7) is 0.460. The van der Waals surface area contributed by atoms with Crippen molar-refractivity contribution in [2.24, 2.45) is 0 Å². The number of hydrogen-bond donors (Lipinski definition) is 1. The third kappa shape index (κ3) is 4.93. The van der Waals surface area contributed by atoms with Crippen molar-refractivity contribution in [3.63, 3.8) is 0 Å². The first-order chi connectivity index (χ1) is 11.2. The molecule has 0 heterocycles. The van der Waals surface area contributed by atoms with Gasteiger partial charge in [-0.2, -0.15) is 0 Å². The van der Waals surface area contributed by atoms with Gasteiger partial charge in [0.05, 0.1) is 20.6 Å². The summed E-state index contributed by atoms with van der Waals surface area (Å²) >= 11 is 1.69. The molecule has 0 aromatic heterocycles. The summed E-state index contributed by atoms with van der Waals surface area (Å²) in [5.74, 6) is 1.33. The minimum absolute atomic E-state index is 0.00307. The quantitative estimate of drug-likeness (QED) is 0.791. The molecule has 0 aliphatic carbocycles. The van der Waals surface area contributed by atoms with Crippen molar-refractivity contribution in [2.45, 2.75) is 17.9 Å². The number of nitrogens with one attached hydrogen (secondary N) is 1. The predicted octanol–water partition coefficient (Wildman–Crippen LogP) is 3.28. The van der Waals surface area contributed by atoms with E-state index < -0.39 is 0 Å². The van der Waals surface area contributed by atoms with Gasteiger partial charge >= 0.3 is 0 Å². The molecular weight excluding hydrogens is 310 g/mol. The van der Waals surface area contributed by atoms with Crippen molar-refractivity contribution in [1.82, 2.24) is 5.32 Å². The van der Waals surface area contributed by atoms with Gasteiger partial charge in [-0.05, 0) is 41.6 Å². The van der Waals surface area contributed by atoms with Crippen molar-refractivity contribution in [2.75, 3.05) is 20.5 Å². The van der Waals surface area contributed by atoms with Gasteiger partial charge in [-0.1, -0.05) is 18.2 Å². The molecule has 2 aromatic rings. The van der Waals surface area contributed by atoms with Crippen LogP contribution in [0.2, 0.25) is 0 Å². The average Bonchev–Trinajstić information content (AvgIpc) is 2.60. The van der Waals surface area contributed by atoms with Gasteiger partial charge in [-0.3, -0.25) is 4.79 Å². The highest BCUT2D eigenvalue weighted by atomic mass is 32.2. The third-order valence-corrected chi connectivity index (χ3v) is 4.20. The number of ether oxygens (including phenoxy) is 2. The Morgan fingerprint density at radius 2 is 1.65 bits per heavy atom. The lowest BCUT2D eigenvalue weighted by Crippen LogP contribution is -2.24. The van der Waals surface area contributed by atoms with Crippen LogP contribution in [-0.2, 0) is 17.8 Å². The van der Waals surface area contributed by atoms with E-state index in [1.54, 1.807) is 26.0 Å². The third-order valence-electron chi connectivity index (χ3n) is 3.46. The molecule has 0 bridgehead atoms. The number of hydrogen-bond acceptors (Lipinski definition) is 4. The molecule has 0 saturated heterocycles. The largest absolute Gasteiger partial charge is 0.493 e. The second-order valence-electron chi connectivity index (χ2n) is 4.99. The fraction of sp³-hybridized carbons (Fsp3) is 0.278. The van der Waals surface area contributed by atoms with Crippen molar-refractivity contribution in [3.8, 4) is 11.5 Å². The number of carbonyl (C=O) groups is 1. The SMILES string of the molecule is COc1ccc(CNC(=O)Cc2ccc(SC)cc2)cc1OC. The van der Waals surface area contributed by atoms with E-state index in [1.807, 2.05) is 48.7 Å². The molecule has 2 aromatic carbocycles. The van der Waals surface area contributed by atoms with Gasteiger partial charge in [0.2, 0.25) is 5.91 Å². The zero-order valence-corrected chi connectivity index (χ0v) is 14.4. The van der Waals surface area contributed by atoms with Crippen molar-refractivity contribution in [3.05, 3.63) is 53.6 Å². The number of methoxy groups -OCH3 is 2. The molecule has 122 valence electrons. The van der Waals surface area contributed by atoms with E-state index in [-0.39, 0.29) is 5.91 Å². The normalized spacial score (nSPS) is 10.2. The van der Waals surface area contributed by atoms with Gasteiger partial charge in [0, 0.05) is 11.4 Å². The minimum atomic E-state index is -0.00307. The van der Waals surface area contributed by atoms with Gasteiger partial charge in [-0.15, -0.1) is 11.8 Å². The lowest BCUT2D eigenvalue weighted by Gasteiger charge is -2.10. The maximum absolute atomic E-state index is 12.0. The molecule has 0 fully saturated rings. The summed E-state index contributed by atoms with van der Waals surface area (Å²) in [6, 6.07) is 13.6. The van der Waals surface area contributed by atoms with E-state index in [0.29, 0.717) is 24.5 Å². The predicted molar refractivity (Wildman–Crippen MR) is 93.3 cm³/mol. The van der Waals surface area contributed by atoms with Gasteiger partial charge in [0.1, 0.15) is 0 Å². The first-order valence-corrected chi connectivity index (χ1v) is 8.49. The van der Waals surface area contributed by atoms with E-state index in [4.69, 9.17) is 9.47 Å². The molecule has 0 aliphatic heterocycles. The Hall–Kier alpha value is -2.14. The van der Waals surface area contributed by atoms with Crippen LogP contribution in [0.5, 0.6) is 11.5 Å². The van der Waals surface area contributed by atoms with Crippen LogP contribution in [-0.4, -0.2) is 26.4 Å². The first-order valence-electron chi connectivity index (χ1n) is 7.26. The number of thioether (sulfide) groups is 1. The number of carbonyl (C=O) groups excluding carboxylic acids is 1. The molecule has 1 amide bonds. The molecule has 0 spiro atoms. The van der Waals surface area contributed by atoms with Crippen molar-refractivity contribution in [1.29, 1.82) is 0 Å². The highest BCUT2D eigenvalue weighted by Crippen LogP contribution is 2.27. The highest BCUT2D eigenvalue weighted by Gasteiger charge is 2.07. The highest BCUT2D eigenvalue weighted by molar-refractivity contribution is 7.98. The Bertz CT molecular complexity index is 656. The molecule has 1 N–H and O–H groups in total. The Morgan fingerprint density at radius 1 is 1.00 bits per heavy atom. The number of rotatable bonds is 7. The van der Waals surface area contributed by atoms with E-state index in [1.165, 1.54) is 4.90 Å². The van der Waals surface area contributed by atoms with Crippen LogP contribution >= 0.6 is 11.8 Å². The molecular formula is C18H21NO3S. The number of amides is 1. The summed E-state index contributed by atoms with van der Waals surface area (Å²) < 4.78 is 10.5. The standard InChI is InChI=1S/C18H21NO3S/c1-21-16-9-6-14(10-17(16)22-2)12-19-18(20)11-13-4-7-15(23-3)8-5-13/h4-10H,11-12H2,1-3H3,(H,19,20). The molecule has 23 heavy (non-hydrogen) atoms. The molecule has 0 unspecified atom stereocenters. The van der Waals surface area contributed by atoms with Gasteiger partial charge in [0.15, 0.2) is 11.5 Å². The lowest BCUT2D eigenvalue weighted by atomic mass is 10.1. The summed E-state index contributed by atoms with van der Waals surface area (Å²) in [4.78, 5) is 13.2. The molecule has 2 rings (SSSR count). The van der Waals surface area contributed by atoms with E-state index >= 15 is 0 Å². The molecule has 5 heteroatoms. The van der Waals surface area contributed by atoms with Crippen molar-refractivity contribution < 1.29 is 14.3 Å². The monoisotopic (exact) mass is 331 g/mol. The Morgan fingerprint density at radius 3 is 2.26 bits per heavy atom. The zero-order valence-electron chi connectivity index (χ0n) is 13.6. The second kappa shape index (κ2) is 8.48. The maximum Gasteiger partial charge on any atom is 0.224 e. The van der Waals surface area contributed by atoms with Crippen molar-refractivity contribution >= 4 is 17.7 Å². The van der Waals surface area contributed by atoms with Crippen LogP contribution in [0.15, 0.2) is 47.4 Å². The summed E-state index contributed by atoms with van der Waals surface area (Å²) in [7, 11) is 3.19. The Kier molecular flexibility index (Phi) is 6.35. The molecule has 4 nitrogen and oxygen atoms in total. The van der Waals surface area contributed by atoms with Crippen LogP contribution in [0.1, 0.15) is 11.1 Å². The fourth-order valence-electron chi connectivity index (χ4n) is 2.18. The summed E-state index contributed by atoms with van der Waals surface area (Å²) in [5.41, 5.74) is 1.97. The van der Waals surface area contributed by atoms with Gasteiger partial charge in [0.25, 0.3) is 0 Å². The first kappa shape index (κ1) is 17.2. The summed E-state index contributed by atoms with van der Waals surface area (Å²) in [5, 5.41) is 2.92. The number of benzene rings is 2. The average molecular weight is 331 g/mol. The fourth-order valence-corrected chi connectivity index (χ4v) is 2.59. The Balaban J connectivity index is 1.90. The van der Waals surface area contributed by atoms with Crippen LogP contribution < -0.4 is 14.8 Å². The minimum Gasteiger partial charge on any atom is -0.493 e. The van der Waals surface area contributed by atoms with E-state index in [9.17, 15) is 4.79 Å².